The van der Waals surface area contributed by atoms with Crippen LogP contribution in [-0.4, -0.2) is 26.7 Å². The zero-order valence-electron chi connectivity index (χ0n) is 7.92. The summed E-state index contributed by atoms with van der Waals surface area (Å²) in [5, 5.41) is 17.0. The predicted octanol–water partition coefficient (Wildman–Crippen LogP) is 0.649. The van der Waals surface area contributed by atoms with Gasteiger partial charge in [0.05, 0.1) is 0 Å². The van der Waals surface area contributed by atoms with E-state index in [0.717, 1.165) is 6.07 Å². The largest absolute Gasteiger partial charge is 0.487 e. The summed E-state index contributed by atoms with van der Waals surface area (Å²) in [4.78, 5) is 20.7. The molecule has 1 aromatic rings. The monoisotopic (exact) mass is 353 g/mol. The Morgan fingerprint density at radius 1 is 1.06 bits per heavy atom. The molecule has 17 heavy (non-hydrogen) atoms. The molecule has 0 aromatic heterocycles. The molecule has 0 amide bonds. The zero-order chi connectivity index (χ0) is 12.7. The van der Waals surface area contributed by atoms with Gasteiger partial charge >= 0.3 is 0 Å². The van der Waals surface area contributed by atoms with Gasteiger partial charge in [0.1, 0.15) is 0 Å². The fraction of sp³-hybridized carbons (Fsp3) is 0. The molecule has 0 saturated carbocycles. The van der Waals surface area contributed by atoms with Gasteiger partial charge in [0.2, 0.25) is 0 Å². The molecule has 0 unspecified atom stereocenters. The van der Waals surface area contributed by atoms with Gasteiger partial charge in [0, 0.05) is 33.4 Å². The number of hydrogen-bond donors (Lipinski definition) is 3. The molecule has 1 rings (SSSR count). The van der Waals surface area contributed by atoms with E-state index in [4.69, 9.17) is 23.2 Å². The van der Waals surface area contributed by atoms with Crippen molar-refractivity contribution in [2.45, 2.75) is 0 Å². The van der Waals surface area contributed by atoms with E-state index in [2.05, 4.69) is 6.07 Å². The van der Waals surface area contributed by atoms with Crippen molar-refractivity contribution in [3.8, 4) is 0 Å². The number of benzene rings is 1. The summed E-state index contributed by atoms with van der Waals surface area (Å²) >= 11 is 0. The number of carbonyl (C=O) groups is 2. The molecule has 0 aliphatic carbocycles. The van der Waals surface area contributed by atoms with E-state index in [0.29, 0.717) is 0 Å². The number of hydrogen-bond acceptors (Lipinski definition) is 5. The first-order valence-electron chi connectivity index (χ1n) is 3.60. The predicted molar refractivity (Wildman–Crippen MR) is 50.6 cm³/mol. The van der Waals surface area contributed by atoms with Crippen LogP contribution in [0, 0.1) is 6.07 Å². The quantitative estimate of drug-likeness (QED) is 0.234. The minimum Gasteiger partial charge on any atom is -0.487 e. The van der Waals surface area contributed by atoms with E-state index in [9.17, 15) is 9.59 Å². The van der Waals surface area contributed by atoms with E-state index in [1.54, 1.807) is 0 Å². The van der Waals surface area contributed by atoms with Gasteiger partial charge in [-0.1, -0.05) is 0 Å². The van der Waals surface area contributed by atoms with Crippen LogP contribution < -0.4 is 0 Å². The SMILES string of the molecule is O=C(O)c1c[c-]cc(C(=O)O)c1.O=[S-](=O)O.[Ag]. The molecule has 0 fully saturated rings. The number of carboxylic acids is 2. The summed E-state index contributed by atoms with van der Waals surface area (Å²) in [5.74, 6) is -2.32. The van der Waals surface area contributed by atoms with Crippen LogP contribution >= 0.6 is 0 Å². The van der Waals surface area contributed by atoms with Crippen molar-refractivity contribution in [1.82, 2.24) is 0 Å². The fourth-order valence-electron chi connectivity index (χ4n) is 0.719. The molecule has 99 valence electrons. The standard InChI is InChI=1S/C8H5O4.Ag.HO3S/c9-7(10)5-2-1-3-6(4-5)8(11)12;;1-4(2)3/h2-4H,(H,9,10)(H,11,12);;(H,1,2,3)/q-1;;-1. The maximum atomic E-state index is 10.4. The van der Waals surface area contributed by atoms with Crippen LogP contribution in [0.2, 0.25) is 0 Å². The average molecular weight is 354 g/mol. The second-order valence-electron chi connectivity index (χ2n) is 2.34. The van der Waals surface area contributed by atoms with Gasteiger partial charge in [-0.25, -0.2) is 0 Å². The van der Waals surface area contributed by atoms with Gasteiger partial charge < -0.3 is 23.2 Å². The summed E-state index contributed by atoms with van der Waals surface area (Å²) < 4.78 is 24.1. The Kier molecular flexibility index (Phi) is 9.52. The molecule has 0 heterocycles. The van der Waals surface area contributed by atoms with Gasteiger partial charge in [-0.05, 0) is 11.1 Å². The van der Waals surface area contributed by atoms with Crippen LogP contribution in [0.1, 0.15) is 20.7 Å². The van der Waals surface area contributed by atoms with Crippen LogP contribution in [0.25, 0.3) is 0 Å². The first-order chi connectivity index (χ1) is 7.34. The normalized spacial score (nSPS) is 8.59. The molecule has 1 aromatic carbocycles. The second kappa shape index (κ2) is 8.90. The maximum absolute atomic E-state index is 10.4. The molecule has 3 N–H and O–H groups in total. The van der Waals surface area contributed by atoms with Gasteiger partial charge in [-0.15, -0.1) is 6.07 Å². The van der Waals surface area contributed by atoms with Crippen molar-refractivity contribution < 1.29 is 55.2 Å². The molecule has 0 atom stereocenters. The van der Waals surface area contributed by atoms with E-state index >= 15 is 0 Å². The molecule has 9 heteroatoms. The van der Waals surface area contributed by atoms with Crippen molar-refractivity contribution in [3.05, 3.63) is 35.4 Å². The molecule has 0 aliphatic rings. The average Bonchev–Trinajstić information content (AvgIpc) is 2.17. The molecular weight excluding hydrogens is 348 g/mol. The molecule has 0 saturated heterocycles. The minimum atomic E-state index is -2.86. The third-order valence-electron chi connectivity index (χ3n) is 1.28. The Labute approximate surface area is 113 Å². The zero-order valence-corrected chi connectivity index (χ0v) is 10.2. The molecule has 0 spiro atoms. The van der Waals surface area contributed by atoms with Crippen molar-refractivity contribution in [1.29, 1.82) is 0 Å². The Hall–Kier alpha value is -1.19. The first-order valence-corrected chi connectivity index (χ1v) is 4.64. The van der Waals surface area contributed by atoms with Crippen LogP contribution in [0.5, 0.6) is 0 Å². The summed E-state index contributed by atoms with van der Waals surface area (Å²) in [6, 6.07) is 5.95. The Morgan fingerprint density at radius 2 is 1.35 bits per heavy atom. The van der Waals surface area contributed by atoms with Gasteiger partial charge in [0.25, 0.3) is 11.9 Å². The first kappa shape index (κ1) is 18.2. The summed E-state index contributed by atoms with van der Waals surface area (Å²) in [6.45, 7) is 0. The maximum Gasteiger partial charge on any atom is 0.278 e. The van der Waals surface area contributed by atoms with E-state index in [-0.39, 0.29) is 33.5 Å². The summed E-state index contributed by atoms with van der Waals surface area (Å²) in [6.07, 6.45) is 0. The molecule has 0 aliphatic heterocycles. The van der Waals surface area contributed by atoms with Crippen LogP contribution in [0.4, 0.5) is 0 Å². The molecule has 1 radical (unpaired) electrons. The van der Waals surface area contributed by atoms with Gasteiger partial charge in [-0.3, -0.25) is 9.59 Å². The van der Waals surface area contributed by atoms with Crippen LogP contribution in [-0.2, 0) is 41.8 Å². The topological polar surface area (TPSA) is 129 Å². The Balaban J connectivity index is 0. The fourth-order valence-corrected chi connectivity index (χ4v) is 0.719. The Bertz CT molecular complexity index is 431. The van der Waals surface area contributed by atoms with Crippen LogP contribution in [0.3, 0.4) is 0 Å². The number of aromatic carboxylic acids is 2. The molecule has 7 nitrogen and oxygen atoms in total. The smallest absolute Gasteiger partial charge is 0.278 e. The van der Waals surface area contributed by atoms with Crippen molar-refractivity contribution in [2.75, 3.05) is 0 Å². The molecule has 0 bridgehead atoms. The van der Waals surface area contributed by atoms with Crippen molar-refractivity contribution in [3.63, 3.8) is 0 Å². The van der Waals surface area contributed by atoms with E-state index in [1.165, 1.54) is 12.1 Å². The minimum absolute atomic E-state index is 0. The summed E-state index contributed by atoms with van der Waals surface area (Å²) in [7, 11) is -2.86. The van der Waals surface area contributed by atoms with Gasteiger partial charge in [0.15, 0.2) is 0 Å². The summed E-state index contributed by atoms with van der Waals surface area (Å²) in [5.41, 5.74) is -0.148. The molecular formula is C8H6AgO7S-2. The van der Waals surface area contributed by atoms with E-state index in [1.807, 2.05) is 0 Å². The van der Waals surface area contributed by atoms with Gasteiger partial charge in [-0.2, -0.15) is 18.2 Å². The second-order valence-corrected chi connectivity index (χ2v) is 2.77. The Morgan fingerprint density at radius 3 is 1.59 bits per heavy atom. The third kappa shape index (κ3) is 8.60. The van der Waals surface area contributed by atoms with Crippen molar-refractivity contribution in [2.24, 2.45) is 0 Å². The number of carboxylic acid groups (broad SMARTS) is 2. The number of rotatable bonds is 2. The van der Waals surface area contributed by atoms with Crippen LogP contribution in [0.15, 0.2) is 18.2 Å². The third-order valence-corrected chi connectivity index (χ3v) is 1.28. The van der Waals surface area contributed by atoms with Crippen molar-refractivity contribution >= 4 is 22.9 Å². The van der Waals surface area contributed by atoms with E-state index < -0.39 is 22.9 Å².